The summed E-state index contributed by atoms with van der Waals surface area (Å²) in [6, 6.07) is 62.4. The van der Waals surface area contributed by atoms with Crippen molar-refractivity contribution in [3.05, 3.63) is 187 Å². The second-order valence-corrected chi connectivity index (χ2v) is 14.3. The van der Waals surface area contributed by atoms with Crippen molar-refractivity contribution >= 4 is 60.3 Å². The van der Waals surface area contributed by atoms with Crippen LogP contribution in [0, 0.1) is 0 Å². The molecule has 1 aromatic heterocycles. The first-order valence-corrected chi connectivity index (χ1v) is 18.6. The fourth-order valence-corrected chi connectivity index (χ4v) is 8.75. The van der Waals surface area contributed by atoms with Crippen molar-refractivity contribution < 1.29 is 4.42 Å². The van der Waals surface area contributed by atoms with Crippen LogP contribution in [0.5, 0.6) is 0 Å². The van der Waals surface area contributed by atoms with Gasteiger partial charge < -0.3 is 4.42 Å². The normalized spacial score (nSPS) is 12.7. The Morgan fingerprint density at radius 1 is 0.396 bits per heavy atom. The third-order valence-electron chi connectivity index (χ3n) is 11.3. The number of para-hydroxylation sites is 2. The third-order valence-corrected chi connectivity index (χ3v) is 11.3. The predicted molar refractivity (Wildman–Crippen MR) is 225 cm³/mol. The van der Waals surface area contributed by atoms with Crippen molar-refractivity contribution in [2.24, 2.45) is 0 Å². The van der Waals surface area contributed by atoms with Crippen molar-refractivity contribution in [1.82, 2.24) is 0 Å². The Bertz CT molecular complexity index is 3060. The maximum absolute atomic E-state index is 6.40. The summed E-state index contributed by atoms with van der Waals surface area (Å²) in [5.74, 6) is 0. The Labute approximate surface area is 308 Å². The number of aryl methyl sites for hydroxylation is 1. The molecule has 0 saturated heterocycles. The molecule has 0 N–H and O–H groups in total. The summed E-state index contributed by atoms with van der Waals surface area (Å²) in [5.41, 5.74) is 14.4. The van der Waals surface area contributed by atoms with Crippen LogP contribution in [0.2, 0.25) is 0 Å². The van der Waals surface area contributed by atoms with Gasteiger partial charge in [-0.15, -0.1) is 0 Å². The van der Waals surface area contributed by atoms with E-state index in [4.69, 9.17) is 4.42 Å². The highest BCUT2D eigenvalue weighted by Gasteiger charge is 2.18. The molecule has 0 bridgehead atoms. The van der Waals surface area contributed by atoms with Crippen LogP contribution < -0.4 is 0 Å². The number of hydrogen-bond donors (Lipinski definition) is 0. The molecule has 0 radical (unpaired) electrons. The first-order valence-electron chi connectivity index (χ1n) is 18.6. The van der Waals surface area contributed by atoms with E-state index in [0.29, 0.717) is 0 Å². The van der Waals surface area contributed by atoms with Gasteiger partial charge in [0.1, 0.15) is 11.2 Å². The molecule has 9 aromatic carbocycles. The van der Waals surface area contributed by atoms with E-state index in [1.807, 2.05) is 12.1 Å². The Hall–Kier alpha value is -6.70. The fraction of sp³-hybridized carbons (Fsp3) is 0.0385. The van der Waals surface area contributed by atoms with E-state index < -0.39 is 0 Å². The maximum atomic E-state index is 6.40. The molecular formula is C52H34O. The van der Waals surface area contributed by atoms with Crippen LogP contribution in [0.25, 0.3) is 105 Å². The summed E-state index contributed by atoms with van der Waals surface area (Å²) in [6.45, 7) is 0. The van der Waals surface area contributed by atoms with Crippen LogP contribution in [0.3, 0.4) is 0 Å². The minimum Gasteiger partial charge on any atom is -0.455 e. The van der Waals surface area contributed by atoms with Crippen molar-refractivity contribution in [2.75, 3.05) is 0 Å². The lowest BCUT2D eigenvalue weighted by atomic mass is 9.85. The molecule has 10 aromatic rings. The molecule has 1 heteroatoms. The Balaban J connectivity index is 1.05. The van der Waals surface area contributed by atoms with E-state index in [9.17, 15) is 0 Å². The van der Waals surface area contributed by atoms with Crippen molar-refractivity contribution in [3.8, 4) is 44.5 Å². The van der Waals surface area contributed by atoms with Gasteiger partial charge in [0.2, 0.25) is 0 Å². The van der Waals surface area contributed by atoms with Crippen molar-refractivity contribution in [2.45, 2.75) is 12.8 Å². The van der Waals surface area contributed by atoms with Crippen molar-refractivity contribution in [3.63, 3.8) is 0 Å². The lowest BCUT2D eigenvalue weighted by molar-refractivity contribution is 0.670. The molecule has 0 amide bonds. The summed E-state index contributed by atoms with van der Waals surface area (Å²) in [6.07, 6.45) is 6.81. The Morgan fingerprint density at radius 3 is 1.72 bits per heavy atom. The largest absolute Gasteiger partial charge is 0.455 e. The van der Waals surface area contributed by atoms with Gasteiger partial charge in [-0.3, -0.25) is 0 Å². The third kappa shape index (κ3) is 4.85. The van der Waals surface area contributed by atoms with E-state index in [1.54, 1.807) is 0 Å². The molecule has 0 atom stereocenters. The zero-order valence-electron chi connectivity index (χ0n) is 29.1. The minimum atomic E-state index is 0.922. The molecule has 1 aliphatic rings. The quantitative estimate of drug-likeness (QED) is 0.169. The SMILES string of the molecule is C1=Cc2cc(-c3cccc(-c4c5ccccc5c(-c5ccc6cc(-c7cccc8c7oc7ccccc78)ccc6c5)c5ccccc45)c3)ccc2CC1. The number of allylic oxidation sites excluding steroid dienone is 1. The van der Waals surface area contributed by atoms with Crippen LogP contribution in [0.15, 0.2) is 180 Å². The van der Waals surface area contributed by atoms with Gasteiger partial charge in [-0.05, 0) is 126 Å². The molecule has 1 aliphatic carbocycles. The van der Waals surface area contributed by atoms with Gasteiger partial charge in [0, 0.05) is 16.3 Å². The van der Waals surface area contributed by atoms with Gasteiger partial charge in [-0.1, -0.05) is 152 Å². The summed E-state index contributed by atoms with van der Waals surface area (Å²) in [5, 5.41) is 9.78. The summed E-state index contributed by atoms with van der Waals surface area (Å²) < 4.78 is 6.40. The van der Waals surface area contributed by atoms with Crippen LogP contribution >= 0.6 is 0 Å². The maximum Gasteiger partial charge on any atom is 0.143 e. The summed E-state index contributed by atoms with van der Waals surface area (Å²) in [7, 11) is 0. The molecule has 0 spiro atoms. The van der Waals surface area contributed by atoms with Gasteiger partial charge in [0.05, 0.1) is 0 Å². The monoisotopic (exact) mass is 674 g/mol. The van der Waals surface area contributed by atoms with Crippen LogP contribution in [-0.4, -0.2) is 0 Å². The minimum absolute atomic E-state index is 0.922. The molecular weight excluding hydrogens is 641 g/mol. The van der Waals surface area contributed by atoms with Crippen LogP contribution in [0.1, 0.15) is 17.5 Å². The number of benzene rings is 9. The second-order valence-electron chi connectivity index (χ2n) is 14.3. The van der Waals surface area contributed by atoms with Crippen molar-refractivity contribution in [1.29, 1.82) is 0 Å². The van der Waals surface area contributed by atoms with Crippen LogP contribution in [0.4, 0.5) is 0 Å². The second kappa shape index (κ2) is 11.9. The fourth-order valence-electron chi connectivity index (χ4n) is 8.75. The zero-order valence-corrected chi connectivity index (χ0v) is 29.1. The molecule has 0 fully saturated rings. The van der Waals surface area contributed by atoms with Gasteiger partial charge in [-0.2, -0.15) is 0 Å². The highest BCUT2D eigenvalue weighted by molar-refractivity contribution is 6.22. The average Bonchev–Trinajstić information content (AvgIpc) is 3.61. The van der Waals surface area contributed by atoms with Gasteiger partial charge in [0.15, 0.2) is 0 Å². The molecule has 248 valence electrons. The van der Waals surface area contributed by atoms with E-state index in [-0.39, 0.29) is 0 Å². The number of fused-ring (bicyclic) bond motifs is 7. The average molecular weight is 675 g/mol. The van der Waals surface area contributed by atoms with E-state index in [1.165, 1.54) is 76.8 Å². The molecule has 0 aliphatic heterocycles. The van der Waals surface area contributed by atoms with E-state index in [0.717, 1.165) is 45.9 Å². The first-order chi connectivity index (χ1) is 26.3. The lowest BCUT2D eigenvalue weighted by Crippen LogP contribution is -1.94. The number of furan rings is 1. The molecule has 53 heavy (non-hydrogen) atoms. The number of hydrogen-bond acceptors (Lipinski definition) is 1. The molecule has 1 heterocycles. The lowest BCUT2D eigenvalue weighted by Gasteiger charge is -2.19. The number of rotatable bonds is 4. The Morgan fingerprint density at radius 2 is 0.962 bits per heavy atom. The van der Waals surface area contributed by atoms with E-state index >= 15 is 0 Å². The molecule has 11 rings (SSSR count). The Kier molecular flexibility index (Phi) is 6.75. The van der Waals surface area contributed by atoms with Gasteiger partial charge >= 0.3 is 0 Å². The van der Waals surface area contributed by atoms with Gasteiger partial charge in [0.25, 0.3) is 0 Å². The van der Waals surface area contributed by atoms with Crippen LogP contribution in [-0.2, 0) is 6.42 Å². The first kappa shape index (κ1) is 30.0. The highest BCUT2D eigenvalue weighted by Crippen LogP contribution is 2.45. The molecule has 0 saturated carbocycles. The summed E-state index contributed by atoms with van der Waals surface area (Å²) >= 11 is 0. The smallest absolute Gasteiger partial charge is 0.143 e. The molecule has 0 unspecified atom stereocenters. The zero-order chi connectivity index (χ0) is 34.9. The topological polar surface area (TPSA) is 13.1 Å². The standard InChI is InChI=1S/C52H34O/c1-2-12-34-29-36(24-23-33(34)11-1)35-13-9-14-40(31-35)50-44-16-3-5-18-46(44)51(47-19-6-4-17-45(47)50)41-28-26-37-30-39(27-25-38(37)32-41)42-20-10-21-48-43-15-7-8-22-49(43)53-52(42)48/h2-10,12-32H,1,11H2. The van der Waals surface area contributed by atoms with E-state index in [2.05, 4.69) is 170 Å². The molecule has 1 nitrogen and oxygen atoms in total. The predicted octanol–water partition coefficient (Wildman–Crippen LogP) is 14.7. The van der Waals surface area contributed by atoms with Gasteiger partial charge in [-0.25, -0.2) is 0 Å². The highest BCUT2D eigenvalue weighted by atomic mass is 16.3. The summed E-state index contributed by atoms with van der Waals surface area (Å²) in [4.78, 5) is 0.